The third-order valence-corrected chi connectivity index (χ3v) is 4.70. The Morgan fingerprint density at radius 3 is 2.44 bits per heavy atom. The van der Waals surface area contributed by atoms with E-state index in [0.29, 0.717) is 5.56 Å². The maximum absolute atomic E-state index is 11.7. The summed E-state index contributed by atoms with van der Waals surface area (Å²) in [5.74, 6) is 0.0439. The summed E-state index contributed by atoms with van der Waals surface area (Å²) >= 11 is 0. The van der Waals surface area contributed by atoms with Gasteiger partial charge in [-0.25, -0.2) is 8.42 Å². The molecular formula is C12H15NO2S. The van der Waals surface area contributed by atoms with Crippen LogP contribution in [0.4, 0.5) is 0 Å². The van der Waals surface area contributed by atoms with Gasteiger partial charge in [-0.1, -0.05) is 6.07 Å². The van der Waals surface area contributed by atoms with E-state index in [0.717, 1.165) is 11.1 Å². The van der Waals surface area contributed by atoms with Crippen LogP contribution in [0.25, 0.3) is 0 Å². The average Bonchev–Trinajstić information content (AvgIpc) is 2.20. The molecule has 1 rings (SSSR count). The molecule has 0 fully saturated rings. The molecule has 0 unspecified atom stereocenters. The van der Waals surface area contributed by atoms with Gasteiger partial charge in [0.2, 0.25) is 0 Å². The van der Waals surface area contributed by atoms with Gasteiger partial charge >= 0.3 is 0 Å². The van der Waals surface area contributed by atoms with Crippen LogP contribution >= 0.6 is 0 Å². The minimum atomic E-state index is -3.08. The molecule has 0 spiro atoms. The van der Waals surface area contributed by atoms with Gasteiger partial charge in [0.15, 0.2) is 9.84 Å². The molecule has 0 aromatic heterocycles. The van der Waals surface area contributed by atoms with Crippen molar-refractivity contribution in [3.63, 3.8) is 0 Å². The molecule has 0 bridgehead atoms. The summed E-state index contributed by atoms with van der Waals surface area (Å²) in [7, 11) is -3.08. The number of sulfone groups is 1. The Labute approximate surface area is 96.6 Å². The fourth-order valence-corrected chi connectivity index (χ4v) is 2.40. The number of nitrogens with zero attached hydrogens (tertiary/aromatic N) is 1. The van der Waals surface area contributed by atoms with Crippen LogP contribution in [-0.2, 0) is 15.6 Å². The minimum Gasteiger partial charge on any atom is -0.228 e. The zero-order valence-electron chi connectivity index (χ0n) is 9.69. The van der Waals surface area contributed by atoms with Crippen LogP contribution in [0.5, 0.6) is 0 Å². The fourth-order valence-electron chi connectivity index (χ4n) is 1.31. The molecule has 0 aliphatic carbocycles. The second-order valence-corrected chi connectivity index (χ2v) is 6.67. The summed E-state index contributed by atoms with van der Waals surface area (Å²) in [6.45, 7) is 5.18. The average molecular weight is 237 g/mol. The molecule has 0 N–H and O–H groups in total. The molecule has 1 aromatic rings. The van der Waals surface area contributed by atoms with Crippen LogP contribution in [0.2, 0.25) is 0 Å². The number of nitriles is 1. The van der Waals surface area contributed by atoms with Gasteiger partial charge < -0.3 is 0 Å². The van der Waals surface area contributed by atoms with Crippen molar-refractivity contribution < 1.29 is 8.42 Å². The molecule has 3 nitrogen and oxygen atoms in total. The molecule has 1 aromatic carbocycles. The first-order valence-corrected chi connectivity index (χ1v) is 6.79. The van der Waals surface area contributed by atoms with E-state index in [9.17, 15) is 8.42 Å². The lowest BCUT2D eigenvalue weighted by molar-refractivity contribution is 0.586. The highest BCUT2D eigenvalue weighted by molar-refractivity contribution is 7.91. The van der Waals surface area contributed by atoms with Crippen LogP contribution in [0, 0.1) is 18.3 Å². The lowest BCUT2D eigenvalue weighted by atomic mass is 10.1. The number of hydrogen-bond acceptors (Lipinski definition) is 3. The van der Waals surface area contributed by atoms with Crippen molar-refractivity contribution in [1.82, 2.24) is 0 Å². The second-order valence-electron chi connectivity index (χ2n) is 4.11. The Hall–Kier alpha value is -1.34. The normalized spacial score (nSPS) is 11.4. The molecule has 16 heavy (non-hydrogen) atoms. The first-order valence-electron chi connectivity index (χ1n) is 5.08. The molecule has 0 atom stereocenters. The van der Waals surface area contributed by atoms with E-state index in [1.54, 1.807) is 32.0 Å². The quantitative estimate of drug-likeness (QED) is 0.809. The Morgan fingerprint density at radius 1 is 1.38 bits per heavy atom. The highest BCUT2D eigenvalue weighted by atomic mass is 32.2. The topological polar surface area (TPSA) is 57.9 Å². The lowest BCUT2D eigenvalue weighted by Gasteiger charge is -2.09. The smallest absolute Gasteiger partial charge is 0.156 e. The molecule has 0 radical (unpaired) electrons. The van der Waals surface area contributed by atoms with Gasteiger partial charge in [0.05, 0.1) is 22.6 Å². The third-order valence-electron chi connectivity index (χ3n) is 2.55. The highest BCUT2D eigenvalue weighted by Gasteiger charge is 2.17. The summed E-state index contributed by atoms with van der Waals surface area (Å²) in [5, 5.41) is 8.33. The van der Waals surface area contributed by atoms with Gasteiger partial charge in [-0.3, -0.25) is 0 Å². The molecule has 0 saturated carbocycles. The molecule has 0 amide bonds. The largest absolute Gasteiger partial charge is 0.228 e. The molecule has 4 heteroatoms. The van der Waals surface area contributed by atoms with Crippen LogP contribution < -0.4 is 0 Å². The fraction of sp³-hybridized carbons (Fsp3) is 0.417. The number of benzene rings is 1. The Bertz CT molecular complexity index is 524. The van der Waals surface area contributed by atoms with E-state index in [-0.39, 0.29) is 11.0 Å². The zero-order chi connectivity index (χ0) is 12.3. The van der Waals surface area contributed by atoms with Crippen LogP contribution in [0.3, 0.4) is 0 Å². The summed E-state index contributed by atoms with van der Waals surface area (Å²) in [4.78, 5) is 0. The molecule has 0 aliphatic heterocycles. The summed E-state index contributed by atoms with van der Waals surface area (Å²) in [5.41, 5.74) is 2.18. The van der Waals surface area contributed by atoms with Crippen molar-refractivity contribution in [2.45, 2.75) is 31.8 Å². The van der Waals surface area contributed by atoms with Crippen LogP contribution in [0.15, 0.2) is 18.2 Å². The van der Waals surface area contributed by atoms with Crippen molar-refractivity contribution in [3.05, 3.63) is 34.9 Å². The molecule has 0 saturated heterocycles. The van der Waals surface area contributed by atoms with E-state index >= 15 is 0 Å². The van der Waals surface area contributed by atoms with E-state index in [2.05, 4.69) is 0 Å². The molecule has 0 heterocycles. The Balaban J connectivity index is 3.05. The SMILES string of the molecule is Cc1cc(C#N)ccc1CS(=O)(=O)C(C)C. The van der Waals surface area contributed by atoms with E-state index < -0.39 is 9.84 Å². The molecular weight excluding hydrogens is 222 g/mol. The van der Waals surface area contributed by atoms with Crippen molar-refractivity contribution >= 4 is 9.84 Å². The predicted octanol–water partition coefficient (Wildman–Crippen LogP) is 2.19. The van der Waals surface area contributed by atoms with E-state index in [4.69, 9.17) is 5.26 Å². The molecule has 86 valence electrons. The minimum absolute atomic E-state index is 0.0439. The van der Waals surface area contributed by atoms with Gasteiger partial charge in [-0.2, -0.15) is 5.26 Å². The van der Waals surface area contributed by atoms with Gasteiger partial charge in [-0.15, -0.1) is 0 Å². The summed E-state index contributed by atoms with van der Waals surface area (Å²) in [6, 6.07) is 7.11. The summed E-state index contributed by atoms with van der Waals surface area (Å²) in [6.07, 6.45) is 0. The maximum atomic E-state index is 11.7. The van der Waals surface area contributed by atoms with Gasteiger partial charge in [-0.05, 0) is 44.0 Å². The number of hydrogen-bond donors (Lipinski definition) is 0. The van der Waals surface area contributed by atoms with E-state index in [1.807, 2.05) is 13.0 Å². The first-order chi connectivity index (χ1) is 7.36. The van der Waals surface area contributed by atoms with Crippen molar-refractivity contribution in [2.75, 3.05) is 0 Å². The van der Waals surface area contributed by atoms with Crippen LogP contribution in [-0.4, -0.2) is 13.7 Å². The summed E-state index contributed by atoms with van der Waals surface area (Å²) < 4.78 is 23.5. The van der Waals surface area contributed by atoms with Gasteiger partial charge in [0.25, 0.3) is 0 Å². The standard InChI is InChI=1S/C12H15NO2S/c1-9(2)16(14,15)8-12-5-4-11(7-13)6-10(12)3/h4-6,9H,8H2,1-3H3. The third kappa shape index (κ3) is 2.83. The maximum Gasteiger partial charge on any atom is 0.156 e. The van der Waals surface area contributed by atoms with E-state index in [1.165, 1.54) is 0 Å². The first kappa shape index (κ1) is 12.7. The predicted molar refractivity (Wildman–Crippen MR) is 63.7 cm³/mol. The zero-order valence-corrected chi connectivity index (χ0v) is 10.5. The van der Waals surface area contributed by atoms with Crippen molar-refractivity contribution in [1.29, 1.82) is 5.26 Å². The van der Waals surface area contributed by atoms with Crippen molar-refractivity contribution in [2.24, 2.45) is 0 Å². The monoisotopic (exact) mass is 237 g/mol. The van der Waals surface area contributed by atoms with Crippen LogP contribution in [0.1, 0.15) is 30.5 Å². The number of rotatable bonds is 3. The number of aryl methyl sites for hydroxylation is 1. The lowest BCUT2D eigenvalue weighted by Crippen LogP contribution is -2.16. The Morgan fingerprint density at radius 2 is 2.00 bits per heavy atom. The Kier molecular flexibility index (Phi) is 3.71. The highest BCUT2D eigenvalue weighted by Crippen LogP contribution is 2.16. The molecule has 0 aliphatic rings. The second kappa shape index (κ2) is 4.67. The van der Waals surface area contributed by atoms with Gasteiger partial charge in [0, 0.05) is 0 Å². The van der Waals surface area contributed by atoms with Gasteiger partial charge in [0.1, 0.15) is 0 Å². The van der Waals surface area contributed by atoms with Crippen molar-refractivity contribution in [3.8, 4) is 6.07 Å².